The van der Waals surface area contributed by atoms with Crippen LogP contribution in [0, 0.1) is 0 Å². The van der Waals surface area contributed by atoms with E-state index in [9.17, 15) is 24.2 Å². The van der Waals surface area contributed by atoms with Crippen molar-refractivity contribution < 1.29 is 47.2 Å². The maximum absolute atomic E-state index is 12.7. The smallest absolute Gasteiger partial charge is 0.462 e. The van der Waals surface area contributed by atoms with Gasteiger partial charge < -0.3 is 24.0 Å². The fraction of sp³-hybridized carbons (Fsp3) is 0.652. The lowest BCUT2D eigenvalue weighted by Crippen LogP contribution is -2.37. The summed E-state index contributed by atoms with van der Waals surface area (Å²) in [6.45, 7) is 4.06. The third-order valence-electron chi connectivity index (χ3n) is 8.50. The highest BCUT2D eigenvalue weighted by atomic mass is 31.2. The summed E-state index contributed by atoms with van der Waals surface area (Å²) in [5, 5.41) is 9.84. The summed E-state index contributed by atoms with van der Waals surface area (Å²) in [6, 6.07) is 0. The number of likely N-dealkylation sites (N-methyl/N-ethyl adjacent to an activating group) is 1. The lowest BCUT2D eigenvalue weighted by atomic mass is 10.1. The second-order valence-corrected chi connectivity index (χ2v) is 16.6. The van der Waals surface area contributed by atoms with Gasteiger partial charge in [-0.3, -0.25) is 18.6 Å². The third kappa shape index (κ3) is 41.1. The van der Waals surface area contributed by atoms with Crippen LogP contribution < -0.4 is 0 Å². The zero-order valence-electron chi connectivity index (χ0n) is 36.1. The average Bonchev–Trinajstić information content (AvgIpc) is 3.15. The number of phosphoric ester groups is 1. The van der Waals surface area contributed by atoms with Crippen molar-refractivity contribution in [3.63, 3.8) is 0 Å². The first-order valence-electron chi connectivity index (χ1n) is 21.4. The molecule has 0 aromatic heterocycles. The normalized spacial score (nSPS) is 15.0. The van der Waals surface area contributed by atoms with E-state index in [0.717, 1.165) is 64.2 Å². The van der Waals surface area contributed by atoms with Gasteiger partial charge in [0.15, 0.2) is 6.10 Å². The van der Waals surface area contributed by atoms with E-state index in [-0.39, 0.29) is 26.1 Å². The molecule has 326 valence electrons. The molecule has 0 fully saturated rings. The molecule has 0 radical (unpaired) electrons. The molecule has 0 aliphatic carbocycles. The van der Waals surface area contributed by atoms with Crippen LogP contribution in [0.5, 0.6) is 0 Å². The van der Waals surface area contributed by atoms with Gasteiger partial charge in [0.1, 0.15) is 19.8 Å². The van der Waals surface area contributed by atoms with E-state index in [1.54, 1.807) is 6.08 Å². The van der Waals surface area contributed by atoms with Crippen LogP contribution in [0.1, 0.15) is 136 Å². The zero-order valence-corrected chi connectivity index (χ0v) is 37.0. The van der Waals surface area contributed by atoms with Crippen molar-refractivity contribution in [1.82, 2.24) is 0 Å². The van der Waals surface area contributed by atoms with E-state index in [0.29, 0.717) is 30.3 Å². The lowest BCUT2D eigenvalue weighted by Gasteiger charge is -2.24. The minimum Gasteiger partial charge on any atom is -0.462 e. The summed E-state index contributed by atoms with van der Waals surface area (Å²) in [7, 11) is 1.39. The van der Waals surface area contributed by atoms with E-state index in [2.05, 4.69) is 50.3 Å². The summed E-state index contributed by atoms with van der Waals surface area (Å²) < 4.78 is 34.1. The van der Waals surface area contributed by atoms with E-state index in [1.165, 1.54) is 25.7 Å². The van der Waals surface area contributed by atoms with E-state index in [4.69, 9.17) is 18.5 Å². The Balaban J connectivity index is 4.55. The van der Waals surface area contributed by atoms with Gasteiger partial charge in [-0.25, -0.2) is 4.57 Å². The Hall–Kier alpha value is -2.85. The molecular formula is C46H79NO9P+. The second-order valence-electron chi connectivity index (χ2n) is 15.2. The second kappa shape index (κ2) is 37.4. The first-order valence-corrected chi connectivity index (χ1v) is 22.9. The molecule has 2 N–H and O–H groups in total. The standard InChI is InChI=1S/C46H78NO9P/c1-6-8-10-11-12-13-14-16-21-24-27-30-34-38-46(50)56-44(42-55-57(51,52)54-40-39-47(3,4)5)41-53-45(49)37-33-29-26-23-20-18-15-17-19-22-25-28-32-36-43(48)35-31-9-7-2/h9,13-14,17-20,25-26,28-29,31-32,36,43-44,48H,6-8,10-12,15-16,21-24,27,30,33-35,37-42H2,1-5H3/p+1/b14-13-,19-17-,20-18-,28-25+,29-26-,31-9-,36-32+/t43?,44-/m1/s1. The number of carbonyl (C=O) groups excluding carboxylic acids is 2. The van der Waals surface area contributed by atoms with Gasteiger partial charge in [-0.1, -0.05) is 137 Å². The quantitative estimate of drug-likeness (QED) is 0.0157. The Morgan fingerprint density at radius 2 is 1.25 bits per heavy atom. The van der Waals surface area contributed by atoms with Gasteiger partial charge in [-0.15, -0.1) is 0 Å². The molecule has 57 heavy (non-hydrogen) atoms. The van der Waals surface area contributed by atoms with E-state index < -0.39 is 38.6 Å². The van der Waals surface area contributed by atoms with Crippen molar-refractivity contribution >= 4 is 19.8 Å². The number of aliphatic hydroxyl groups excluding tert-OH is 1. The number of phosphoric acid groups is 1. The summed E-state index contributed by atoms with van der Waals surface area (Å²) in [6.07, 6.45) is 44.1. The van der Waals surface area contributed by atoms with Crippen LogP contribution in [-0.2, 0) is 32.7 Å². The largest absolute Gasteiger partial charge is 0.472 e. The molecule has 0 aromatic rings. The molecule has 10 nitrogen and oxygen atoms in total. The van der Waals surface area contributed by atoms with Gasteiger partial charge in [-0.2, -0.15) is 0 Å². The van der Waals surface area contributed by atoms with Crippen LogP contribution in [-0.4, -0.2) is 86.1 Å². The molecule has 0 saturated heterocycles. The highest BCUT2D eigenvalue weighted by Crippen LogP contribution is 2.43. The average molecular weight is 821 g/mol. The van der Waals surface area contributed by atoms with Gasteiger partial charge >= 0.3 is 19.8 Å². The fourth-order valence-corrected chi connectivity index (χ4v) is 5.86. The van der Waals surface area contributed by atoms with Crippen LogP contribution in [0.2, 0.25) is 0 Å². The minimum absolute atomic E-state index is 0.00800. The van der Waals surface area contributed by atoms with Crippen LogP contribution >= 0.6 is 7.82 Å². The number of quaternary nitrogens is 1. The highest BCUT2D eigenvalue weighted by molar-refractivity contribution is 7.47. The maximum Gasteiger partial charge on any atom is 0.472 e. The number of ether oxygens (including phenoxy) is 2. The molecule has 3 atom stereocenters. The number of rotatable bonds is 37. The fourth-order valence-electron chi connectivity index (χ4n) is 5.12. The van der Waals surface area contributed by atoms with E-state index >= 15 is 0 Å². The number of hydrogen-bond donors (Lipinski definition) is 2. The monoisotopic (exact) mass is 821 g/mol. The number of nitrogens with zero attached hydrogens (tertiary/aromatic N) is 1. The zero-order chi connectivity index (χ0) is 42.3. The first-order chi connectivity index (χ1) is 27.4. The maximum atomic E-state index is 12.7. The summed E-state index contributed by atoms with van der Waals surface area (Å²) in [5.74, 6) is -0.937. The van der Waals surface area contributed by atoms with Crippen LogP contribution in [0.3, 0.4) is 0 Å². The van der Waals surface area contributed by atoms with Crippen molar-refractivity contribution in [2.45, 2.75) is 148 Å². The minimum atomic E-state index is -4.40. The molecule has 0 aliphatic heterocycles. The Morgan fingerprint density at radius 1 is 0.649 bits per heavy atom. The van der Waals surface area contributed by atoms with Crippen molar-refractivity contribution in [1.29, 1.82) is 0 Å². The van der Waals surface area contributed by atoms with Crippen LogP contribution in [0.4, 0.5) is 0 Å². The molecule has 0 bridgehead atoms. The van der Waals surface area contributed by atoms with Crippen LogP contribution in [0.25, 0.3) is 0 Å². The van der Waals surface area contributed by atoms with Gasteiger partial charge in [0.2, 0.25) is 0 Å². The van der Waals surface area contributed by atoms with Crippen LogP contribution in [0.15, 0.2) is 85.1 Å². The molecule has 0 rings (SSSR count). The van der Waals surface area contributed by atoms with Gasteiger partial charge in [0.25, 0.3) is 0 Å². The van der Waals surface area contributed by atoms with Crippen molar-refractivity contribution in [2.24, 2.45) is 0 Å². The molecular weight excluding hydrogens is 741 g/mol. The number of esters is 2. The van der Waals surface area contributed by atoms with Crippen molar-refractivity contribution in [2.75, 3.05) is 47.5 Å². The molecule has 11 heteroatoms. The van der Waals surface area contributed by atoms with Gasteiger partial charge in [-0.05, 0) is 70.6 Å². The predicted molar refractivity (Wildman–Crippen MR) is 235 cm³/mol. The predicted octanol–water partition coefficient (Wildman–Crippen LogP) is 11.0. The first kappa shape index (κ1) is 54.2. The topological polar surface area (TPSA) is 129 Å². The molecule has 0 saturated carbocycles. The molecule has 0 aromatic carbocycles. The number of allylic oxidation sites excluding steroid dienone is 12. The van der Waals surface area contributed by atoms with E-state index in [1.807, 2.05) is 63.7 Å². The lowest BCUT2D eigenvalue weighted by molar-refractivity contribution is -0.870. The molecule has 0 heterocycles. The Morgan fingerprint density at radius 3 is 1.89 bits per heavy atom. The summed E-state index contributed by atoms with van der Waals surface area (Å²) >= 11 is 0. The number of hydrogen-bond acceptors (Lipinski definition) is 8. The SMILES string of the molecule is CC/C=C\CC(O)/C=C/C=C/C/C=C\C/C=C\C/C=C\CCC(=O)OC[C@H](COP(=O)(O)OCC[N+](C)(C)C)OC(=O)CCCCCCC/C=C\CCCCCC. The van der Waals surface area contributed by atoms with Crippen molar-refractivity contribution in [3.8, 4) is 0 Å². The summed E-state index contributed by atoms with van der Waals surface area (Å²) in [4.78, 5) is 35.3. The number of carbonyl (C=O) groups is 2. The molecule has 0 aliphatic rings. The molecule has 0 amide bonds. The van der Waals surface area contributed by atoms with Gasteiger partial charge in [0.05, 0.1) is 33.9 Å². The van der Waals surface area contributed by atoms with Crippen molar-refractivity contribution in [3.05, 3.63) is 85.1 Å². The summed E-state index contributed by atoms with van der Waals surface area (Å²) in [5.41, 5.74) is 0. The third-order valence-corrected chi connectivity index (χ3v) is 9.49. The Labute approximate surface area is 346 Å². The number of aliphatic hydroxyl groups is 1. The Kier molecular flexibility index (Phi) is 35.6. The molecule has 0 spiro atoms. The highest BCUT2D eigenvalue weighted by Gasteiger charge is 2.27. The number of unbranched alkanes of at least 4 members (excludes halogenated alkanes) is 9. The van der Waals surface area contributed by atoms with Gasteiger partial charge in [0, 0.05) is 12.8 Å². The Bertz CT molecular complexity index is 1260. The molecule has 2 unspecified atom stereocenters.